The Balaban J connectivity index is 1.67. The zero-order valence-corrected chi connectivity index (χ0v) is 19.0. The molecule has 0 aliphatic carbocycles. The molecular formula is C22H25ClN6O3. The Bertz CT molecular complexity index is 1090. The number of nitrogens with zero attached hydrogens (tertiary/aromatic N) is 5. The molecular weight excluding hydrogens is 432 g/mol. The topological polar surface area (TPSA) is 96.6 Å². The molecule has 0 radical (unpaired) electrons. The quantitative estimate of drug-likeness (QED) is 0.556. The van der Waals surface area contributed by atoms with E-state index in [9.17, 15) is 4.79 Å². The van der Waals surface area contributed by atoms with Crippen molar-refractivity contribution < 1.29 is 14.1 Å². The SMILES string of the molecule is CCOC(=O)c1c(-c2ccc(Cl)cc2)noc1Nc1cc(N2CCN(C)CC2)nc(C)n1. The summed E-state index contributed by atoms with van der Waals surface area (Å²) in [5.74, 6) is 1.57. The molecule has 3 aromatic rings. The predicted molar refractivity (Wildman–Crippen MR) is 123 cm³/mol. The van der Waals surface area contributed by atoms with Crippen LogP contribution in [0.1, 0.15) is 23.1 Å². The molecule has 0 saturated carbocycles. The lowest BCUT2D eigenvalue weighted by Crippen LogP contribution is -2.44. The summed E-state index contributed by atoms with van der Waals surface area (Å²) in [6, 6.07) is 8.84. The molecule has 4 rings (SSSR count). The minimum atomic E-state index is -0.536. The molecule has 0 amide bonds. The summed E-state index contributed by atoms with van der Waals surface area (Å²) >= 11 is 6.00. The first-order valence-electron chi connectivity index (χ1n) is 10.4. The number of nitrogens with one attached hydrogen (secondary N) is 1. The predicted octanol–water partition coefficient (Wildman–Crippen LogP) is 3.77. The van der Waals surface area contributed by atoms with Gasteiger partial charge in [0.25, 0.3) is 0 Å². The Kier molecular flexibility index (Phi) is 6.57. The number of halogens is 1. The summed E-state index contributed by atoms with van der Waals surface area (Å²) in [5.41, 5.74) is 1.26. The highest BCUT2D eigenvalue weighted by Gasteiger charge is 2.26. The number of likely N-dealkylation sites (N-methyl/N-ethyl adjacent to an activating group) is 1. The molecule has 1 aromatic carbocycles. The molecule has 0 atom stereocenters. The standard InChI is InChI=1S/C22H25ClN6O3/c1-4-31-22(30)19-20(15-5-7-16(23)8-6-15)27-32-21(19)26-17-13-18(25-14(2)24-17)29-11-9-28(3)10-12-29/h5-8,13H,4,9-12H2,1-3H3,(H,24,25,26). The first kappa shape index (κ1) is 22.0. The Morgan fingerprint density at radius 1 is 1.19 bits per heavy atom. The van der Waals surface area contributed by atoms with Crippen LogP contribution in [0.3, 0.4) is 0 Å². The number of ether oxygens (including phenoxy) is 1. The van der Waals surface area contributed by atoms with E-state index in [1.807, 2.05) is 13.0 Å². The third-order valence-corrected chi connectivity index (χ3v) is 5.43. The van der Waals surface area contributed by atoms with Crippen LogP contribution in [0.15, 0.2) is 34.9 Å². The van der Waals surface area contributed by atoms with Crippen molar-refractivity contribution >= 4 is 35.1 Å². The van der Waals surface area contributed by atoms with E-state index in [1.54, 1.807) is 31.2 Å². The molecule has 1 aliphatic heterocycles. The van der Waals surface area contributed by atoms with Crippen LogP contribution >= 0.6 is 11.6 Å². The van der Waals surface area contributed by atoms with Gasteiger partial charge in [-0.3, -0.25) is 0 Å². The highest BCUT2D eigenvalue weighted by molar-refractivity contribution is 6.30. The molecule has 10 heteroatoms. The number of hydrogen-bond donors (Lipinski definition) is 1. The van der Waals surface area contributed by atoms with Crippen LogP contribution < -0.4 is 10.2 Å². The van der Waals surface area contributed by atoms with Crippen LogP contribution in [0.2, 0.25) is 5.02 Å². The van der Waals surface area contributed by atoms with Crippen LogP contribution in [0.25, 0.3) is 11.3 Å². The van der Waals surface area contributed by atoms with Gasteiger partial charge in [-0.2, -0.15) is 0 Å². The number of benzene rings is 1. The third kappa shape index (κ3) is 4.84. The molecule has 1 N–H and O–H groups in total. The maximum absolute atomic E-state index is 12.8. The van der Waals surface area contributed by atoms with Crippen LogP contribution in [-0.2, 0) is 4.74 Å². The highest BCUT2D eigenvalue weighted by Crippen LogP contribution is 2.32. The molecule has 0 unspecified atom stereocenters. The van der Waals surface area contributed by atoms with E-state index in [0.717, 1.165) is 32.0 Å². The first-order valence-corrected chi connectivity index (χ1v) is 10.8. The largest absolute Gasteiger partial charge is 0.462 e. The third-order valence-electron chi connectivity index (χ3n) is 5.18. The van der Waals surface area contributed by atoms with Crippen molar-refractivity contribution in [3.8, 4) is 11.3 Å². The van der Waals surface area contributed by atoms with E-state index < -0.39 is 5.97 Å². The monoisotopic (exact) mass is 456 g/mol. The second-order valence-electron chi connectivity index (χ2n) is 7.54. The summed E-state index contributed by atoms with van der Waals surface area (Å²) in [6.07, 6.45) is 0. The summed E-state index contributed by atoms with van der Waals surface area (Å²) < 4.78 is 10.8. The van der Waals surface area contributed by atoms with Crippen molar-refractivity contribution in [2.45, 2.75) is 13.8 Å². The van der Waals surface area contributed by atoms with Gasteiger partial charge in [0, 0.05) is 42.8 Å². The average Bonchev–Trinajstić information content (AvgIpc) is 3.18. The molecule has 2 aromatic heterocycles. The fraction of sp³-hybridized carbons (Fsp3) is 0.364. The zero-order chi connectivity index (χ0) is 22.7. The average molecular weight is 457 g/mol. The molecule has 0 spiro atoms. The van der Waals surface area contributed by atoms with E-state index in [0.29, 0.717) is 27.9 Å². The molecule has 1 saturated heterocycles. The van der Waals surface area contributed by atoms with Crippen LogP contribution in [0.5, 0.6) is 0 Å². The smallest absolute Gasteiger partial charge is 0.346 e. The van der Waals surface area contributed by atoms with Crippen LogP contribution in [0, 0.1) is 6.92 Å². The number of rotatable bonds is 6. The minimum Gasteiger partial charge on any atom is -0.462 e. The zero-order valence-electron chi connectivity index (χ0n) is 18.3. The second-order valence-corrected chi connectivity index (χ2v) is 7.97. The summed E-state index contributed by atoms with van der Waals surface area (Å²) in [4.78, 5) is 26.3. The lowest BCUT2D eigenvalue weighted by atomic mass is 10.1. The van der Waals surface area contributed by atoms with E-state index in [4.69, 9.17) is 20.9 Å². The van der Waals surface area contributed by atoms with Crippen LogP contribution in [-0.4, -0.2) is 65.8 Å². The van der Waals surface area contributed by atoms with Gasteiger partial charge in [-0.15, -0.1) is 0 Å². The van der Waals surface area contributed by atoms with Gasteiger partial charge in [-0.05, 0) is 33.0 Å². The number of anilines is 3. The fourth-order valence-electron chi connectivity index (χ4n) is 3.50. The van der Waals surface area contributed by atoms with Gasteiger partial charge in [0.1, 0.15) is 23.2 Å². The normalized spacial score (nSPS) is 14.4. The van der Waals surface area contributed by atoms with Gasteiger partial charge in [0.05, 0.1) is 6.61 Å². The first-order chi connectivity index (χ1) is 15.4. The van der Waals surface area contributed by atoms with E-state index in [-0.39, 0.29) is 18.1 Å². The number of hydrogen-bond acceptors (Lipinski definition) is 9. The van der Waals surface area contributed by atoms with Gasteiger partial charge in [-0.25, -0.2) is 14.8 Å². The van der Waals surface area contributed by atoms with Gasteiger partial charge in [0.15, 0.2) is 5.56 Å². The molecule has 1 aliphatic rings. The summed E-state index contributed by atoms with van der Waals surface area (Å²) in [6.45, 7) is 7.49. The Hall–Kier alpha value is -3.17. The van der Waals surface area contributed by atoms with E-state index >= 15 is 0 Å². The number of carbonyl (C=O) groups excluding carboxylic acids is 1. The van der Waals surface area contributed by atoms with Gasteiger partial charge >= 0.3 is 5.97 Å². The fourth-order valence-corrected chi connectivity index (χ4v) is 3.63. The van der Waals surface area contributed by atoms with Crippen molar-refractivity contribution in [2.24, 2.45) is 0 Å². The molecule has 0 bridgehead atoms. The van der Waals surface area contributed by atoms with Crippen molar-refractivity contribution in [3.63, 3.8) is 0 Å². The molecule has 168 valence electrons. The lowest BCUT2D eigenvalue weighted by Gasteiger charge is -2.33. The van der Waals surface area contributed by atoms with Crippen molar-refractivity contribution in [1.29, 1.82) is 0 Å². The lowest BCUT2D eigenvalue weighted by molar-refractivity contribution is 0.0528. The van der Waals surface area contributed by atoms with Gasteiger partial charge in [0.2, 0.25) is 5.88 Å². The number of esters is 1. The van der Waals surface area contributed by atoms with E-state index in [1.165, 1.54) is 0 Å². The van der Waals surface area contributed by atoms with E-state index in [2.05, 4.69) is 37.3 Å². The maximum Gasteiger partial charge on any atom is 0.346 e. The molecule has 9 nitrogen and oxygen atoms in total. The molecule has 32 heavy (non-hydrogen) atoms. The Morgan fingerprint density at radius 2 is 1.91 bits per heavy atom. The maximum atomic E-state index is 12.8. The number of carbonyl (C=O) groups is 1. The molecule has 1 fully saturated rings. The number of aryl methyl sites for hydroxylation is 1. The Labute approximate surface area is 191 Å². The van der Waals surface area contributed by atoms with Crippen molar-refractivity contribution in [3.05, 3.63) is 46.7 Å². The van der Waals surface area contributed by atoms with Crippen molar-refractivity contribution in [1.82, 2.24) is 20.0 Å². The van der Waals surface area contributed by atoms with Crippen molar-refractivity contribution in [2.75, 3.05) is 50.1 Å². The number of aromatic nitrogens is 3. The number of piperazine rings is 1. The second kappa shape index (κ2) is 9.54. The summed E-state index contributed by atoms with van der Waals surface area (Å²) in [7, 11) is 2.11. The van der Waals surface area contributed by atoms with Gasteiger partial charge in [-0.1, -0.05) is 28.9 Å². The Morgan fingerprint density at radius 3 is 2.59 bits per heavy atom. The van der Waals surface area contributed by atoms with Gasteiger partial charge < -0.3 is 24.4 Å². The van der Waals surface area contributed by atoms with Crippen LogP contribution in [0.4, 0.5) is 17.5 Å². The summed E-state index contributed by atoms with van der Waals surface area (Å²) in [5, 5.41) is 7.80. The highest BCUT2D eigenvalue weighted by atomic mass is 35.5. The molecule has 3 heterocycles. The minimum absolute atomic E-state index is 0.163.